The van der Waals surface area contributed by atoms with Gasteiger partial charge in [0, 0.05) is 33.2 Å². The van der Waals surface area contributed by atoms with Crippen molar-refractivity contribution in [2.24, 2.45) is 7.05 Å². The van der Waals surface area contributed by atoms with Gasteiger partial charge in [-0.05, 0) is 36.2 Å². The van der Waals surface area contributed by atoms with Crippen molar-refractivity contribution in [3.8, 4) is 0 Å². The number of ketones is 1. The van der Waals surface area contributed by atoms with Crippen LogP contribution in [-0.2, 0) is 24.7 Å². The van der Waals surface area contributed by atoms with E-state index in [4.69, 9.17) is 0 Å². The zero-order chi connectivity index (χ0) is 15.6. The first kappa shape index (κ1) is 16.6. The number of aryl methyl sites for hydroxylation is 2. The third-order valence-electron chi connectivity index (χ3n) is 4.42. The number of Topliss-reactive ketones (excluding diaryl/α,β-unsaturated/α-hetero) is 1. The molecule has 5 nitrogen and oxygen atoms in total. The van der Waals surface area contributed by atoms with Gasteiger partial charge >= 0.3 is 0 Å². The highest BCUT2D eigenvalue weighted by Crippen LogP contribution is 2.25. The number of nitrogens with one attached hydrogen (secondary N) is 1. The zero-order valence-corrected chi connectivity index (χ0v) is 15.0. The predicted molar refractivity (Wildman–Crippen MR) is 87.5 cm³/mol. The minimum Gasteiger partial charge on any atom is -0.314 e. The zero-order valence-electron chi connectivity index (χ0n) is 13.4. The predicted octanol–water partition coefficient (Wildman–Crippen LogP) is 1.54. The molecule has 1 aliphatic heterocycles. The Bertz CT molecular complexity index is 518. The largest absolute Gasteiger partial charge is 0.314 e. The van der Waals surface area contributed by atoms with Crippen LogP contribution in [0.3, 0.4) is 0 Å². The number of hydrogen-bond acceptors (Lipinski definition) is 4. The summed E-state index contributed by atoms with van der Waals surface area (Å²) >= 11 is 3.59. The lowest BCUT2D eigenvalue weighted by Crippen LogP contribution is -2.57. The summed E-state index contributed by atoms with van der Waals surface area (Å²) in [6.45, 7) is 9.88. The summed E-state index contributed by atoms with van der Waals surface area (Å²) in [5.74, 6) is 0.246. The van der Waals surface area contributed by atoms with Gasteiger partial charge in [0.25, 0.3) is 0 Å². The van der Waals surface area contributed by atoms with Crippen LogP contribution in [0, 0.1) is 0 Å². The highest BCUT2D eigenvalue weighted by molar-refractivity contribution is 9.10. The molecule has 2 heterocycles. The summed E-state index contributed by atoms with van der Waals surface area (Å²) in [4.78, 5) is 15.1. The summed E-state index contributed by atoms with van der Waals surface area (Å²) in [5.41, 5.74) is 1.55. The van der Waals surface area contributed by atoms with Crippen LogP contribution in [-0.4, -0.2) is 52.2 Å². The van der Waals surface area contributed by atoms with Crippen LogP contribution in [0.15, 0.2) is 4.47 Å². The number of piperazine rings is 1. The van der Waals surface area contributed by atoms with Crippen molar-refractivity contribution in [1.82, 2.24) is 20.0 Å². The second-order valence-electron chi connectivity index (χ2n) is 6.08. The number of nitrogens with zero attached hydrogens (tertiary/aromatic N) is 3. The van der Waals surface area contributed by atoms with E-state index >= 15 is 0 Å². The Balaban J connectivity index is 2.15. The maximum absolute atomic E-state index is 12.8. The summed E-state index contributed by atoms with van der Waals surface area (Å²) in [6.07, 6.45) is 1.28. The van der Waals surface area contributed by atoms with E-state index < -0.39 is 5.54 Å². The molecule has 118 valence electrons. The third-order valence-corrected chi connectivity index (χ3v) is 5.34. The highest BCUT2D eigenvalue weighted by Gasteiger charge is 2.35. The number of halogens is 1. The number of rotatable bonds is 5. The molecule has 1 saturated heterocycles. The first-order chi connectivity index (χ1) is 9.87. The first-order valence-corrected chi connectivity index (χ1v) is 8.36. The molecule has 0 amide bonds. The Hall–Kier alpha value is -0.720. The van der Waals surface area contributed by atoms with Crippen LogP contribution in [0.5, 0.6) is 0 Å². The number of carbonyl (C=O) groups excluding carboxylic acids is 1. The average Bonchev–Trinajstić information content (AvgIpc) is 2.75. The van der Waals surface area contributed by atoms with E-state index in [2.05, 4.69) is 38.2 Å². The molecule has 21 heavy (non-hydrogen) atoms. The number of aromatic nitrogens is 2. The molecule has 1 aromatic rings. The Morgan fingerprint density at radius 1 is 1.38 bits per heavy atom. The maximum Gasteiger partial charge on any atom is 0.158 e. The molecule has 0 bridgehead atoms. The molecule has 0 unspecified atom stereocenters. The number of carbonyl (C=O) groups is 1. The van der Waals surface area contributed by atoms with E-state index in [1.807, 2.05) is 25.6 Å². The topological polar surface area (TPSA) is 50.2 Å². The standard InChI is InChI=1S/C15H25BrN4O/c1-5-11-14(16)12(19(4)18-11)10-13(21)15(2,3)20-8-6-17-7-9-20/h17H,5-10H2,1-4H3. The van der Waals surface area contributed by atoms with Gasteiger partial charge in [-0.1, -0.05) is 6.92 Å². The van der Waals surface area contributed by atoms with E-state index in [9.17, 15) is 4.79 Å². The molecule has 2 rings (SSSR count). The fourth-order valence-corrected chi connectivity index (χ4v) is 3.54. The van der Waals surface area contributed by atoms with Crippen LogP contribution in [0.25, 0.3) is 0 Å². The van der Waals surface area contributed by atoms with Gasteiger partial charge < -0.3 is 5.32 Å². The van der Waals surface area contributed by atoms with Gasteiger partial charge in [-0.3, -0.25) is 14.4 Å². The molecule has 0 radical (unpaired) electrons. The van der Waals surface area contributed by atoms with Crippen molar-refractivity contribution in [2.75, 3.05) is 26.2 Å². The first-order valence-electron chi connectivity index (χ1n) is 7.57. The summed E-state index contributed by atoms with van der Waals surface area (Å²) in [5, 5.41) is 7.80. The van der Waals surface area contributed by atoms with Gasteiger partial charge in [0.15, 0.2) is 5.78 Å². The van der Waals surface area contributed by atoms with Crippen molar-refractivity contribution >= 4 is 21.7 Å². The fourth-order valence-electron chi connectivity index (χ4n) is 2.78. The Kier molecular flexibility index (Phi) is 5.22. The highest BCUT2D eigenvalue weighted by atomic mass is 79.9. The minimum atomic E-state index is -0.432. The van der Waals surface area contributed by atoms with Gasteiger partial charge in [0.2, 0.25) is 0 Å². The SMILES string of the molecule is CCc1nn(C)c(CC(=O)C(C)(C)N2CCNCC2)c1Br. The average molecular weight is 357 g/mol. The molecule has 1 aromatic heterocycles. The quantitative estimate of drug-likeness (QED) is 0.869. The minimum absolute atomic E-state index is 0.246. The van der Waals surface area contributed by atoms with Crippen molar-refractivity contribution in [1.29, 1.82) is 0 Å². The van der Waals surface area contributed by atoms with Crippen molar-refractivity contribution in [3.05, 3.63) is 15.9 Å². The van der Waals surface area contributed by atoms with Crippen LogP contribution in [0.2, 0.25) is 0 Å². The van der Waals surface area contributed by atoms with Crippen molar-refractivity contribution in [3.63, 3.8) is 0 Å². The van der Waals surface area contributed by atoms with Crippen molar-refractivity contribution < 1.29 is 4.79 Å². The Morgan fingerprint density at radius 2 is 2.00 bits per heavy atom. The maximum atomic E-state index is 12.8. The molecule has 0 saturated carbocycles. The van der Waals surface area contributed by atoms with Crippen LogP contribution >= 0.6 is 15.9 Å². The van der Waals surface area contributed by atoms with Gasteiger partial charge in [0.05, 0.1) is 27.8 Å². The van der Waals surface area contributed by atoms with Crippen molar-refractivity contribution in [2.45, 2.75) is 39.2 Å². The molecule has 1 aliphatic rings. The molecule has 0 spiro atoms. The second kappa shape index (κ2) is 6.58. The van der Waals surface area contributed by atoms with Gasteiger partial charge in [-0.25, -0.2) is 0 Å². The van der Waals surface area contributed by atoms with Crippen LogP contribution < -0.4 is 5.32 Å². The van der Waals surface area contributed by atoms with E-state index in [1.165, 1.54) is 0 Å². The molecule has 1 N–H and O–H groups in total. The lowest BCUT2D eigenvalue weighted by Gasteiger charge is -2.40. The second-order valence-corrected chi connectivity index (χ2v) is 6.87. The van der Waals surface area contributed by atoms with Gasteiger partial charge in [0.1, 0.15) is 0 Å². The van der Waals surface area contributed by atoms with Crippen LogP contribution in [0.4, 0.5) is 0 Å². The fraction of sp³-hybridized carbons (Fsp3) is 0.733. The summed E-state index contributed by atoms with van der Waals surface area (Å²) in [7, 11) is 1.91. The number of hydrogen-bond donors (Lipinski definition) is 1. The molecular formula is C15H25BrN4O. The van der Waals surface area contributed by atoms with Gasteiger partial charge in [-0.15, -0.1) is 0 Å². The van der Waals surface area contributed by atoms with Gasteiger partial charge in [-0.2, -0.15) is 5.10 Å². The smallest absolute Gasteiger partial charge is 0.158 e. The Morgan fingerprint density at radius 3 is 2.52 bits per heavy atom. The molecule has 0 aliphatic carbocycles. The molecule has 0 aromatic carbocycles. The van der Waals surface area contributed by atoms with E-state index in [1.54, 1.807) is 0 Å². The normalized spacial score (nSPS) is 17.2. The van der Waals surface area contributed by atoms with E-state index in [-0.39, 0.29) is 5.78 Å². The third kappa shape index (κ3) is 3.38. The summed E-state index contributed by atoms with van der Waals surface area (Å²) < 4.78 is 2.81. The van der Waals surface area contributed by atoms with Crippen LogP contribution in [0.1, 0.15) is 32.2 Å². The van der Waals surface area contributed by atoms with E-state index in [0.717, 1.165) is 48.5 Å². The Labute approximate surface area is 135 Å². The van der Waals surface area contributed by atoms with E-state index in [0.29, 0.717) is 6.42 Å². The lowest BCUT2D eigenvalue weighted by molar-refractivity contribution is -0.129. The summed E-state index contributed by atoms with van der Waals surface area (Å²) in [6, 6.07) is 0. The monoisotopic (exact) mass is 356 g/mol. The lowest BCUT2D eigenvalue weighted by atomic mass is 9.92. The molecule has 6 heteroatoms. The molecule has 0 atom stereocenters. The molecule has 1 fully saturated rings. The molecular weight excluding hydrogens is 332 g/mol.